The van der Waals surface area contributed by atoms with E-state index in [2.05, 4.69) is 47.0 Å². The topological polar surface area (TPSA) is 33.3 Å². The zero-order valence-corrected chi connectivity index (χ0v) is 14.1. The highest BCUT2D eigenvalue weighted by Gasteiger charge is 2.39. The highest BCUT2D eigenvalue weighted by Crippen LogP contribution is 2.41. The molecule has 1 saturated carbocycles. The number of rotatable bonds is 6. The normalized spacial score (nSPS) is 26.1. The molecule has 2 aromatic carbocycles. The summed E-state index contributed by atoms with van der Waals surface area (Å²) in [4.78, 5) is 0. The summed E-state index contributed by atoms with van der Waals surface area (Å²) in [5.41, 5.74) is 2.64. The molecule has 24 heavy (non-hydrogen) atoms. The maximum Gasteiger partial charge on any atom is 0.119 e. The third-order valence-electron chi connectivity index (χ3n) is 5.09. The molecule has 3 atom stereocenters. The summed E-state index contributed by atoms with van der Waals surface area (Å²) in [5, 5.41) is 7.29. The first-order valence-electron chi connectivity index (χ1n) is 9.12. The van der Waals surface area contributed by atoms with Crippen LogP contribution in [0.3, 0.4) is 0 Å². The summed E-state index contributed by atoms with van der Waals surface area (Å²) >= 11 is 0. The molecule has 1 saturated heterocycles. The third-order valence-corrected chi connectivity index (χ3v) is 5.09. The van der Waals surface area contributed by atoms with Crippen molar-refractivity contribution in [2.24, 2.45) is 0 Å². The number of hydrogen-bond acceptors (Lipinski definition) is 3. The van der Waals surface area contributed by atoms with Gasteiger partial charge in [0.25, 0.3) is 0 Å². The summed E-state index contributed by atoms with van der Waals surface area (Å²) in [6, 6.07) is 20.3. The van der Waals surface area contributed by atoms with E-state index in [1.807, 2.05) is 18.2 Å². The van der Waals surface area contributed by atoms with Gasteiger partial charge in [0.2, 0.25) is 0 Å². The minimum absolute atomic E-state index is 0.627. The van der Waals surface area contributed by atoms with Crippen LogP contribution < -0.4 is 15.4 Å². The summed E-state index contributed by atoms with van der Waals surface area (Å²) in [6.45, 7) is 2.93. The largest absolute Gasteiger partial charge is 0.489 e. The molecule has 3 heteroatoms. The van der Waals surface area contributed by atoms with Gasteiger partial charge in [-0.1, -0.05) is 42.5 Å². The van der Waals surface area contributed by atoms with Crippen LogP contribution in [0.5, 0.6) is 5.75 Å². The molecule has 4 rings (SSSR count). The minimum Gasteiger partial charge on any atom is -0.489 e. The van der Waals surface area contributed by atoms with Gasteiger partial charge in [-0.3, -0.25) is 0 Å². The molecule has 2 N–H and O–H groups in total. The molecule has 0 radical (unpaired) electrons. The van der Waals surface area contributed by atoms with Crippen molar-refractivity contribution in [2.75, 3.05) is 13.1 Å². The van der Waals surface area contributed by atoms with E-state index in [9.17, 15) is 0 Å². The Balaban J connectivity index is 1.27. The Kier molecular flexibility index (Phi) is 4.81. The summed E-state index contributed by atoms with van der Waals surface area (Å²) in [6.07, 6.45) is 3.87. The monoisotopic (exact) mass is 322 g/mol. The first-order valence-corrected chi connectivity index (χ1v) is 9.12. The van der Waals surface area contributed by atoms with Gasteiger partial charge in [-0.25, -0.2) is 0 Å². The molecular formula is C21H26N2O. The van der Waals surface area contributed by atoms with E-state index in [0.717, 1.165) is 12.3 Å². The van der Waals surface area contributed by atoms with Crippen molar-refractivity contribution >= 4 is 0 Å². The summed E-state index contributed by atoms with van der Waals surface area (Å²) < 4.78 is 5.87. The average molecular weight is 322 g/mol. The van der Waals surface area contributed by atoms with Crippen LogP contribution in [-0.4, -0.2) is 25.2 Å². The number of piperidine rings is 1. The lowest BCUT2D eigenvalue weighted by Crippen LogP contribution is -2.44. The number of hydrogen-bond donors (Lipinski definition) is 2. The molecule has 2 fully saturated rings. The van der Waals surface area contributed by atoms with Crippen LogP contribution in [0.15, 0.2) is 54.6 Å². The lowest BCUT2D eigenvalue weighted by molar-refractivity contribution is 0.306. The molecule has 0 aromatic heterocycles. The standard InChI is InChI=1S/C21H26N2O/c1-2-5-16(6-3-1)15-24-19-10-8-17(9-11-19)20-13-21(20)23-18-7-4-12-22-14-18/h1-3,5-6,8-11,18,20-23H,4,7,12-15H2. The highest BCUT2D eigenvalue weighted by atomic mass is 16.5. The van der Waals surface area contributed by atoms with Crippen molar-refractivity contribution in [3.8, 4) is 5.75 Å². The van der Waals surface area contributed by atoms with E-state index in [4.69, 9.17) is 4.74 Å². The van der Waals surface area contributed by atoms with Gasteiger partial charge < -0.3 is 15.4 Å². The highest BCUT2D eigenvalue weighted by molar-refractivity contribution is 5.34. The van der Waals surface area contributed by atoms with Gasteiger partial charge in [-0.05, 0) is 49.1 Å². The Hall–Kier alpha value is -1.84. The lowest BCUT2D eigenvalue weighted by Gasteiger charge is -2.24. The lowest BCUT2D eigenvalue weighted by atomic mass is 10.1. The van der Waals surface area contributed by atoms with E-state index >= 15 is 0 Å². The summed E-state index contributed by atoms with van der Waals surface area (Å²) in [5.74, 6) is 1.62. The second kappa shape index (κ2) is 7.37. The molecule has 2 aliphatic rings. The second-order valence-corrected chi connectivity index (χ2v) is 7.00. The molecule has 1 aliphatic carbocycles. The van der Waals surface area contributed by atoms with Crippen LogP contribution in [-0.2, 0) is 6.61 Å². The maximum absolute atomic E-state index is 5.87. The van der Waals surface area contributed by atoms with E-state index in [-0.39, 0.29) is 0 Å². The maximum atomic E-state index is 5.87. The minimum atomic E-state index is 0.627. The third kappa shape index (κ3) is 3.97. The first-order chi connectivity index (χ1) is 11.9. The number of benzene rings is 2. The van der Waals surface area contributed by atoms with Gasteiger partial charge in [0.05, 0.1) is 0 Å². The fraction of sp³-hybridized carbons (Fsp3) is 0.429. The predicted molar refractivity (Wildman–Crippen MR) is 97.4 cm³/mol. The van der Waals surface area contributed by atoms with Crippen molar-refractivity contribution in [3.05, 3.63) is 65.7 Å². The van der Waals surface area contributed by atoms with Gasteiger partial charge in [0.15, 0.2) is 0 Å². The molecule has 3 nitrogen and oxygen atoms in total. The molecule has 126 valence electrons. The molecule has 0 amide bonds. The van der Waals surface area contributed by atoms with E-state index in [0.29, 0.717) is 24.6 Å². The van der Waals surface area contributed by atoms with E-state index in [1.54, 1.807) is 0 Å². The van der Waals surface area contributed by atoms with E-state index < -0.39 is 0 Å². The Labute approximate surface area is 144 Å². The van der Waals surface area contributed by atoms with Crippen LogP contribution in [0.4, 0.5) is 0 Å². The number of nitrogens with one attached hydrogen (secondary N) is 2. The first kappa shape index (κ1) is 15.7. The van der Waals surface area contributed by atoms with Gasteiger partial charge in [0, 0.05) is 24.5 Å². The van der Waals surface area contributed by atoms with Crippen LogP contribution in [0, 0.1) is 0 Å². The fourth-order valence-corrected chi connectivity index (χ4v) is 3.60. The molecule has 0 spiro atoms. The predicted octanol–water partition coefficient (Wildman–Crippen LogP) is 3.46. The molecule has 1 heterocycles. The molecule has 1 aliphatic heterocycles. The quantitative estimate of drug-likeness (QED) is 0.854. The Morgan fingerprint density at radius 3 is 2.62 bits per heavy atom. The van der Waals surface area contributed by atoms with Crippen molar-refractivity contribution in [2.45, 2.75) is 43.9 Å². The Morgan fingerprint density at radius 1 is 1.04 bits per heavy atom. The Bertz CT molecular complexity index is 635. The zero-order chi connectivity index (χ0) is 16.2. The van der Waals surface area contributed by atoms with Gasteiger partial charge in [0.1, 0.15) is 12.4 Å². The van der Waals surface area contributed by atoms with Crippen LogP contribution in [0.25, 0.3) is 0 Å². The van der Waals surface area contributed by atoms with Crippen molar-refractivity contribution in [1.29, 1.82) is 0 Å². The van der Waals surface area contributed by atoms with Crippen LogP contribution in [0.2, 0.25) is 0 Å². The molecule has 3 unspecified atom stereocenters. The van der Waals surface area contributed by atoms with Gasteiger partial charge in [-0.2, -0.15) is 0 Å². The fourth-order valence-electron chi connectivity index (χ4n) is 3.60. The number of ether oxygens (including phenoxy) is 1. The molecule has 0 bridgehead atoms. The van der Waals surface area contributed by atoms with Crippen LogP contribution in [0.1, 0.15) is 36.3 Å². The van der Waals surface area contributed by atoms with Crippen molar-refractivity contribution < 1.29 is 4.74 Å². The van der Waals surface area contributed by atoms with Gasteiger partial charge in [-0.15, -0.1) is 0 Å². The molecule has 2 aromatic rings. The second-order valence-electron chi connectivity index (χ2n) is 7.00. The van der Waals surface area contributed by atoms with Crippen molar-refractivity contribution in [1.82, 2.24) is 10.6 Å². The summed E-state index contributed by atoms with van der Waals surface area (Å²) in [7, 11) is 0. The molecular weight excluding hydrogens is 296 g/mol. The SMILES string of the molecule is c1ccc(COc2ccc(C3CC3NC3CCCNC3)cc2)cc1. The van der Waals surface area contributed by atoms with Crippen LogP contribution >= 0.6 is 0 Å². The zero-order valence-electron chi connectivity index (χ0n) is 14.1. The Morgan fingerprint density at radius 2 is 1.88 bits per heavy atom. The van der Waals surface area contributed by atoms with Gasteiger partial charge >= 0.3 is 0 Å². The van der Waals surface area contributed by atoms with Crippen molar-refractivity contribution in [3.63, 3.8) is 0 Å². The smallest absolute Gasteiger partial charge is 0.119 e. The average Bonchev–Trinajstić information content (AvgIpc) is 3.41. The van der Waals surface area contributed by atoms with E-state index in [1.165, 1.54) is 36.9 Å².